The largest absolute Gasteiger partial charge is 0.504 e. The molecule has 4 rings (SSSR count). The fourth-order valence-corrected chi connectivity index (χ4v) is 4.32. The lowest BCUT2D eigenvalue weighted by Crippen LogP contribution is -2.06. The summed E-state index contributed by atoms with van der Waals surface area (Å²) in [7, 11) is 1.52. The molecule has 3 aromatic carbocycles. The molecule has 0 amide bonds. The molecule has 0 aliphatic rings. The van der Waals surface area contributed by atoms with Gasteiger partial charge in [0.15, 0.2) is 17.3 Å². The zero-order valence-corrected chi connectivity index (χ0v) is 21.7. The monoisotopic (exact) mass is 495 g/mol. The maximum Gasteiger partial charge on any atom is 0.167 e. The third kappa shape index (κ3) is 6.67. The number of ketones is 1. The van der Waals surface area contributed by atoms with Crippen molar-refractivity contribution in [2.45, 2.75) is 39.7 Å². The first-order valence-corrected chi connectivity index (χ1v) is 12.4. The number of anilines is 1. The summed E-state index contributed by atoms with van der Waals surface area (Å²) in [6.07, 6.45) is 4.18. The van der Waals surface area contributed by atoms with E-state index in [9.17, 15) is 9.90 Å². The van der Waals surface area contributed by atoms with Gasteiger partial charge >= 0.3 is 0 Å². The molecular formula is C31H33N3O3. The number of aromatic amines is 1. The van der Waals surface area contributed by atoms with Crippen molar-refractivity contribution in [3.8, 4) is 11.5 Å². The number of hydrogen-bond donors (Lipinski definition) is 3. The van der Waals surface area contributed by atoms with Gasteiger partial charge in [-0.05, 0) is 71.5 Å². The summed E-state index contributed by atoms with van der Waals surface area (Å²) in [4.78, 5) is 12.9. The molecule has 3 N–H and O–H groups in total. The van der Waals surface area contributed by atoms with Crippen molar-refractivity contribution in [2.75, 3.05) is 12.4 Å². The van der Waals surface area contributed by atoms with Crippen molar-refractivity contribution in [1.82, 2.24) is 10.2 Å². The predicted octanol–water partition coefficient (Wildman–Crippen LogP) is 6.76. The SMILES string of the molecule is COc1cc(/C=C/c2cc(CNc3cccc(C(=O)Cc4ccc(C(C)C)c(C)c4)c3)[nH]n2)ccc1O. The van der Waals surface area contributed by atoms with Gasteiger partial charge in [-0.2, -0.15) is 5.10 Å². The molecule has 0 bridgehead atoms. The van der Waals surface area contributed by atoms with Crippen LogP contribution in [0, 0.1) is 6.92 Å². The van der Waals surface area contributed by atoms with Crippen LogP contribution in [0.4, 0.5) is 5.69 Å². The van der Waals surface area contributed by atoms with E-state index in [2.05, 4.69) is 54.5 Å². The molecule has 0 spiro atoms. The lowest BCUT2D eigenvalue weighted by Gasteiger charge is -2.11. The van der Waals surface area contributed by atoms with Crippen molar-refractivity contribution in [3.05, 3.63) is 106 Å². The highest BCUT2D eigenvalue weighted by Gasteiger charge is 2.11. The van der Waals surface area contributed by atoms with Gasteiger partial charge in [0, 0.05) is 17.7 Å². The summed E-state index contributed by atoms with van der Waals surface area (Å²) < 4.78 is 5.15. The number of rotatable bonds is 10. The van der Waals surface area contributed by atoms with Crippen LogP contribution in [-0.4, -0.2) is 28.2 Å². The number of H-pyrrole nitrogens is 1. The summed E-state index contributed by atoms with van der Waals surface area (Å²) in [6, 6.07) is 21.0. The quantitative estimate of drug-likeness (QED) is 0.212. The Labute approximate surface area is 218 Å². The van der Waals surface area contributed by atoms with E-state index < -0.39 is 0 Å². The number of carbonyl (C=O) groups is 1. The zero-order chi connectivity index (χ0) is 26.4. The molecule has 0 aliphatic heterocycles. The summed E-state index contributed by atoms with van der Waals surface area (Å²) in [5.41, 5.74) is 7.74. The van der Waals surface area contributed by atoms with Crippen molar-refractivity contribution < 1.29 is 14.6 Å². The van der Waals surface area contributed by atoms with Gasteiger partial charge in [-0.1, -0.05) is 56.3 Å². The normalized spacial score (nSPS) is 11.3. The Morgan fingerprint density at radius 2 is 1.92 bits per heavy atom. The molecule has 37 heavy (non-hydrogen) atoms. The first-order valence-electron chi connectivity index (χ1n) is 12.4. The molecule has 4 aromatic rings. The Balaban J connectivity index is 1.35. The third-order valence-corrected chi connectivity index (χ3v) is 6.29. The van der Waals surface area contributed by atoms with Crippen LogP contribution in [0.25, 0.3) is 12.2 Å². The fourth-order valence-electron chi connectivity index (χ4n) is 4.32. The number of methoxy groups -OCH3 is 1. The molecule has 0 fully saturated rings. The van der Waals surface area contributed by atoms with Gasteiger partial charge in [0.05, 0.1) is 25.0 Å². The molecule has 0 unspecified atom stereocenters. The van der Waals surface area contributed by atoms with Crippen LogP contribution < -0.4 is 10.1 Å². The number of nitrogens with one attached hydrogen (secondary N) is 2. The summed E-state index contributed by atoms with van der Waals surface area (Å²) in [6.45, 7) is 7.01. The van der Waals surface area contributed by atoms with Gasteiger partial charge < -0.3 is 15.2 Å². The van der Waals surface area contributed by atoms with Crippen LogP contribution in [0.1, 0.15) is 63.8 Å². The second-order valence-corrected chi connectivity index (χ2v) is 9.46. The van der Waals surface area contributed by atoms with Gasteiger partial charge in [-0.3, -0.25) is 9.89 Å². The standard InChI is InChI=1S/C31H33N3O3/c1-20(2)28-12-9-23(14-21(28)3)15-30(36)24-6-5-7-25(17-24)32-19-27-18-26(33-34-27)11-8-22-10-13-29(35)31(16-22)37-4/h5-14,16-18,20,32,35H,15,19H2,1-4H3,(H,33,34)/b11-8+. The topological polar surface area (TPSA) is 87.2 Å². The second-order valence-electron chi connectivity index (χ2n) is 9.46. The molecule has 0 saturated carbocycles. The van der Waals surface area contributed by atoms with E-state index >= 15 is 0 Å². The lowest BCUT2D eigenvalue weighted by molar-refractivity contribution is 0.0993. The smallest absolute Gasteiger partial charge is 0.167 e. The van der Waals surface area contributed by atoms with E-state index in [4.69, 9.17) is 4.74 Å². The Bertz CT molecular complexity index is 1420. The number of aromatic hydroxyl groups is 1. The number of carbonyl (C=O) groups excluding carboxylic acids is 1. The van der Waals surface area contributed by atoms with Crippen molar-refractivity contribution >= 4 is 23.6 Å². The number of phenolic OH excluding ortho intramolecular Hbond substituents is 1. The average Bonchev–Trinajstić information content (AvgIpc) is 3.35. The highest BCUT2D eigenvalue weighted by molar-refractivity contribution is 5.98. The van der Waals surface area contributed by atoms with Crippen LogP contribution in [0.2, 0.25) is 0 Å². The van der Waals surface area contributed by atoms with Crippen LogP contribution in [-0.2, 0) is 13.0 Å². The summed E-state index contributed by atoms with van der Waals surface area (Å²) in [5, 5.41) is 20.5. The number of Topliss-reactive ketones (excluding diaryl/α,β-unsaturated/α-hetero) is 1. The number of phenols is 1. The van der Waals surface area contributed by atoms with Crippen LogP contribution >= 0.6 is 0 Å². The molecule has 0 aliphatic carbocycles. The van der Waals surface area contributed by atoms with Crippen molar-refractivity contribution in [1.29, 1.82) is 0 Å². The minimum absolute atomic E-state index is 0.0974. The Hall–Kier alpha value is -4.32. The molecule has 1 heterocycles. The van der Waals surface area contributed by atoms with E-state index in [0.717, 1.165) is 28.2 Å². The van der Waals surface area contributed by atoms with Gasteiger partial charge in [-0.25, -0.2) is 0 Å². The molecule has 190 valence electrons. The fraction of sp³-hybridized carbons (Fsp3) is 0.226. The van der Waals surface area contributed by atoms with E-state index in [1.165, 1.54) is 18.2 Å². The maximum absolute atomic E-state index is 12.9. The summed E-state index contributed by atoms with van der Waals surface area (Å²) >= 11 is 0. The van der Waals surface area contributed by atoms with Gasteiger partial charge in [0.2, 0.25) is 0 Å². The van der Waals surface area contributed by atoms with E-state index in [1.54, 1.807) is 18.2 Å². The highest BCUT2D eigenvalue weighted by atomic mass is 16.5. The summed E-state index contributed by atoms with van der Waals surface area (Å²) in [5.74, 6) is 1.10. The second kappa shape index (κ2) is 11.6. The number of benzene rings is 3. The van der Waals surface area contributed by atoms with Gasteiger partial charge in [-0.15, -0.1) is 0 Å². The van der Waals surface area contributed by atoms with Crippen molar-refractivity contribution in [3.63, 3.8) is 0 Å². The van der Waals surface area contributed by atoms with Crippen LogP contribution in [0.5, 0.6) is 11.5 Å². The minimum atomic E-state index is 0.0974. The molecule has 1 aromatic heterocycles. The average molecular weight is 496 g/mol. The first kappa shape index (κ1) is 25.8. The predicted molar refractivity (Wildman–Crippen MR) is 149 cm³/mol. The third-order valence-electron chi connectivity index (χ3n) is 6.29. The molecule has 0 atom stereocenters. The lowest BCUT2D eigenvalue weighted by atomic mass is 9.94. The number of aryl methyl sites for hydroxylation is 1. The molecule has 6 heteroatoms. The van der Waals surface area contributed by atoms with E-state index in [1.807, 2.05) is 42.5 Å². The minimum Gasteiger partial charge on any atom is -0.504 e. The van der Waals surface area contributed by atoms with Gasteiger partial charge in [0.25, 0.3) is 0 Å². The van der Waals surface area contributed by atoms with Crippen LogP contribution in [0.3, 0.4) is 0 Å². The first-order chi connectivity index (χ1) is 17.8. The van der Waals surface area contributed by atoms with E-state index in [0.29, 0.717) is 30.2 Å². The number of nitrogens with zero attached hydrogens (tertiary/aromatic N) is 1. The molecule has 0 radical (unpaired) electrons. The number of aromatic nitrogens is 2. The zero-order valence-electron chi connectivity index (χ0n) is 21.7. The molecule has 6 nitrogen and oxygen atoms in total. The Morgan fingerprint density at radius 1 is 1.08 bits per heavy atom. The Morgan fingerprint density at radius 3 is 2.68 bits per heavy atom. The number of hydrogen-bond acceptors (Lipinski definition) is 5. The molecule has 0 saturated heterocycles. The van der Waals surface area contributed by atoms with Crippen LogP contribution in [0.15, 0.2) is 66.7 Å². The number of ether oxygens (including phenoxy) is 1. The van der Waals surface area contributed by atoms with Gasteiger partial charge in [0.1, 0.15) is 0 Å². The maximum atomic E-state index is 12.9. The van der Waals surface area contributed by atoms with Crippen molar-refractivity contribution in [2.24, 2.45) is 0 Å². The Kier molecular flexibility index (Phi) is 8.08. The highest BCUT2D eigenvalue weighted by Crippen LogP contribution is 2.27. The van der Waals surface area contributed by atoms with E-state index in [-0.39, 0.29) is 11.5 Å². The molecular weight excluding hydrogens is 462 g/mol.